The number of methoxy groups -OCH3 is 1. The van der Waals surface area contributed by atoms with Gasteiger partial charge in [0.2, 0.25) is 0 Å². The molecule has 0 N–H and O–H groups in total. The fraction of sp³-hybridized carbons (Fsp3) is 0.278. The zero-order chi connectivity index (χ0) is 16.1. The highest BCUT2D eigenvalue weighted by Crippen LogP contribution is 2.32. The Balaban J connectivity index is 2.36. The second-order valence-electron chi connectivity index (χ2n) is 5.05. The van der Waals surface area contributed by atoms with Crippen LogP contribution in [0.15, 0.2) is 36.4 Å². The summed E-state index contributed by atoms with van der Waals surface area (Å²) >= 11 is 12.2. The van der Waals surface area contributed by atoms with Crippen molar-refractivity contribution in [3.63, 3.8) is 0 Å². The monoisotopic (exact) mass is 333 g/mol. The minimum Gasteiger partial charge on any atom is -0.496 e. The van der Waals surface area contributed by atoms with Gasteiger partial charge in [-0.2, -0.15) is 5.26 Å². The average Bonchev–Trinajstić information content (AvgIpc) is 2.53. The van der Waals surface area contributed by atoms with Gasteiger partial charge in [-0.25, -0.2) is 0 Å². The standard InChI is InChI=1S/C18H17Cl2NO/c1-3-12-4-7-18(22-2)13(8-12)9-14(11-21)16-6-5-15(19)10-17(16)20/h4-8,10,14H,3,9H2,1-2H3. The van der Waals surface area contributed by atoms with Gasteiger partial charge in [-0.3, -0.25) is 0 Å². The summed E-state index contributed by atoms with van der Waals surface area (Å²) in [6.45, 7) is 2.10. The van der Waals surface area contributed by atoms with E-state index in [1.807, 2.05) is 18.2 Å². The molecule has 0 radical (unpaired) electrons. The Hall–Kier alpha value is -1.69. The van der Waals surface area contributed by atoms with Crippen LogP contribution in [0.5, 0.6) is 5.75 Å². The van der Waals surface area contributed by atoms with E-state index in [1.54, 1.807) is 19.2 Å². The average molecular weight is 334 g/mol. The fourth-order valence-electron chi connectivity index (χ4n) is 2.44. The number of nitriles is 1. The van der Waals surface area contributed by atoms with E-state index in [0.29, 0.717) is 16.5 Å². The van der Waals surface area contributed by atoms with Gasteiger partial charge in [0.05, 0.1) is 19.1 Å². The lowest BCUT2D eigenvalue weighted by Gasteiger charge is -2.15. The van der Waals surface area contributed by atoms with E-state index in [1.165, 1.54) is 5.56 Å². The van der Waals surface area contributed by atoms with Crippen LogP contribution in [0.1, 0.15) is 29.5 Å². The van der Waals surface area contributed by atoms with Crippen LogP contribution in [0.25, 0.3) is 0 Å². The molecule has 0 bridgehead atoms. The maximum absolute atomic E-state index is 9.54. The predicted molar refractivity (Wildman–Crippen MR) is 90.9 cm³/mol. The fourth-order valence-corrected chi connectivity index (χ4v) is 2.98. The molecule has 2 aromatic carbocycles. The molecule has 2 nitrogen and oxygen atoms in total. The van der Waals surface area contributed by atoms with Crippen LogP contribution in [-0.4, -0.2) is 7.11 Å². The third-order valence-corrected chi connectivity index (χ3v) is 4.23. The SMILES string of the molecule is CCc1ccc(OC)c(CC(C#N)c2ccc(Cl)cc2Cl)c1. The highest BCUT2D eigenvalue weighted by Gasteiger charge is 2.17. The van der Waals surface area contributed by atoms with Gasteiger partial charge in [0.1, 0.15) is 5.75 Å². The summed E-state index contributed by atoms with van der Waals surface area (Å²) in [5.74, 6) is 0.452. The molecule has 0 fully saturated rings. The van der Waals surface area contributed by atoms with E-state index < -0.39 is 0 Å². The van der Waals surface area contributed by atoms with Crippen molar-refractivity contribution in [2.75, 3.05) is 7.11 Å². The minimum atomic E-state index is -0.342. The summed E-state index contributed by atoms with van der Waals surface area (Å²) in [5, 5.41) is 10.6. The van der Waals surface area contributed by atoms with Crippen LogP contribution in [0.2, 0.25) is 10.0 Å². The summed E-state index contributed by atoms with van der Waals surface area (Å²) in [4.78, 5) is 0. The molecule has 0 saturated heterocycles. The van der Waals surface area contributed by atoms with Gasteiger partial charge < -0.3 is 4.74 Å². The second-order valence-corrected chi connectivity index (χ2v) is 5.90. The Kier molecular flexibility index (Phi) is 5.71. The molecule has 0 heterocycles. The molecule has 4 heteroatoms. The normalized spacial score (nSPS) is 11.8. The first-order chi connectivity index (χ1) is 10.6. The van der Waals surface area contributed by atoms with E-state index in [0.717, 1.165) is 23.3 Å². The van der Waals surface area contributed by atoms with Gasteiger partial charge >= 0.3 is 0 Å². The number of aryl methyl sites for hydroxylation is 1. The van der Waals surface area contributed by atoms with Gasteiger partial charge in [-0.15, -0.1) is 0 Å². The molecule has 0 aromatic heterocycles. The van der Waals surface area contributed by atoms with Gasteiger partial charge in [-0.05, 0) is 47.7 Å². The lowest BCUT2D eigenvalue weighted by atomic mass is 9.91. The highest BCUT2D eigenvalue weighted by atomic mass is 35.5. The molecule has 22 heavy (non-hydrogen) atoms. The third-order valence-electron chi connectivity index (χ3n) is 3.67. The smallest absolute Gasteiger partial charge is 0.122 e. The Morgan fingerprint density at radius 2 is 1.95 bits per heavy atom. The van der Waals surface area contributed by atoms with Gasteiger partial charge in [-0.1, -0.05) is 48.3 Å². The summed E-state index contributed by atoms with van der Waals surface area (Å²) in [5.41, 5.74) is 3.02. The first-order valence-corrected chi connectivity index (χ1v) is 7.85. The zero-order valence-corrected chi connectivity index (χ0v) is 14.1. The van der Waals surface area contributed by atoms with Crippen LogP contribution in [0, 0.1) is 11.3 Å². The van der Waals surface area contributed by atoms with E-state index in [4.69, 9.17) is 27.9 Å². The first kappa shape index (κ1) is 16.7. The molecule has 0 amide bonds. The Labute approximate surface area is 141 Å². The number of benzene rings is 2. The van der Waals surface area contributed by atoms with Crippen LogP contribution in [0.3, 0.4) is 0 Å². The molecule has 0 saturated carbocycles. The number of rotatable bonds is 5. The van der Waals surface area contributed by atoms with Crippen LogP contribution in [-0.2, 0) is 12.8 Å². The van der Waals surface area contributed by atoms with Crippen molar-refractivity contribution in [1.29, 1.82) is 5.26 Å². The van der Waals surface area contributed by atoms with Crippen LogP contribution < -0.4 is 4.74 Å². The Bertz CT molecular complexity index is 707. The zero-order valence-electron chi connectivity index (χ0n) is 12.6. The predicted octanol–water partition coefficient (Wildman–Crippen LogP) is 5.41. The lowest BCUT2D eigenvalue weighted by Crippen LogP contribution is -2.04. The van der Waals surface area contributed by atoms with Crippen LogP contribution in [0.4, 0.5) is 0 Å². The van der Waals surface area contributed by atoms with Crippen molar-refractivity contribution in [3.05, 3.63) is 63.1 Å². The van der Waals surface area contributed by atoms with E-state index in [-0.39, 0.29) is 5.92 Å². The van der Waals surface area contributed by atoms with E-state index in [9.17, 15) is 5.26 Å². The molecule has 0 aliphatic heterocycles. The van der Waals surface area contributed by atoms with E-state index in [2.05, 4.69) is 19.1 Å². The van der Waals surface area contributed by atoms with Crippen molar-refractivity contribution in [3.8, 4) is 11.8 Å². The van der Waals surface area contributed by atoms with Crippen LogP contribution >= 0.6 is 23.2 Å². The molecule has 0 aliphatic rings. The quantitative estimate of drug-likeness (QED) is 0.732. The van der Waals surface area contributed by atoms with Crippen molar-refractivity contribution in [2.45, 2.75) is 25.7 Å². The Morgan fingerprint density at radius 3 is 2.55 bits per heavy atom. The molecule has 1 atom stereocenters. The van der Waals surface area contributed by atoms with Gasteiger partial charge in [0.25, 0.3) is 0 Å². The molecule has 1 unspecified atom stereocenters. The van der Waals surface area contributed by atoms with Crippen molar-refractivity contribution in [2.24, 2.45) is 0 Å². The van der Waals surface area contributed by atoms with Crippen molar-refractivity contribution < 1.29 is 4.74 Å². The summed E-state index contributed by atoms with van der Waals surface area (Å²) in [6.07, 6.45) is 1.49. The number of nitrogens with zero attached hydrogens (tertiary/aromatic N) is 1. The van der Waals surface area contributed by atoms with E-state index >= 15 is 0 Å². The third kappa shape index (κ3) is 3.74. The molecule has 2 aromatic rings. The van der Waals surface area contributed by atoms with Crippen molar-refractivity contribution >= 4 is 23.2 Å². The molecular weight excluding hydrogens is 317 g/mol. The topological polar surface area (TPSA) is 33.0 Å². The molecule has 0 spiro atoms. The maximum atomic E-state index is 9.54. The maximum Gasteiger partial charge on any atom is 0.122 e. The molecular formula is C18H17Cl2NO. The molecule has 2 rings (SSSR count). The number of ether oxygens (including phenoxy) is 1. The van der Waals surface area contributed by atoms with Crippen molar-refractivity contribution in [1.82, 2.24) is 0 Å². The number of hydrogen-bond acceptors (Lipinski definition) is 2. The molecule has 114 valence electrons. The lowest BCUT2D eigenvalue weighted by molar-refractivity contribution is 0.409. The molecule has 0 aliphatic carbocycles. The number of halogens is 2. The number of hydrogen-bond donors (Lipinski definition) is 0. The first-order valence-electron chi connectivity index (χ1n) is 7.09. The van der Waals surface area contributed by atoms with Gasteiger partial charge in [0, 0.05) is 10.0 Å². The largest absolute Gasteiger partial charge is 0.496 e. The highest BCUT2D eigenvalue weighted by molar-refractivity contribution is 6.35. The summed E-state index contributed by atoms with van der Waals surface area (Å²) in [6, 6.07) is 13.7. The Morgan fingerprint density at radius 1 is 1.18 bits per heavy atom. The second kappa shape index (κ2) is 7.54. The minimum absolute atomic E-state index is 0.342. The summed E-state index contributed by atoms with van der Waals surface area (Å²) < 4.78 is 5.41. The summed E-state index contributed by atoms with van der Waals surface area (Å²) in [7, 11) is 1.64. The van der Waals surface area contributed by atoms with Gasteiger partial charge in [0.15, 0.2) is 0 Å².